The van der Waals surface area contributed by atoms with E-state index in [2.05, 4.69) is 20.8 Å². The Morgan fingerprint density at radius 3 is 2.61 bits per heavy atom. The summed E-state index contributed by atoms with van der Waals surface area (Å²) in [6, 6.07) is 6.97. The Bertz CT molecular complexity index is 413. The Balaban J connectivity index is 2.25. The van der Waals surface area contributed by atoms with Crippen molar-refractivity contribution >= 4 is 11.6 Å². The molecule has 0 aliphatic heterocycles. The number of benzene rings is 1. The summed E-state index contributed by atoms with van der Waals surface area (Å²) in [5, 5.41) is 0.201. The molecule has 0 aromatic heterocycles. The summed E-state index contributed by atoms with van der Waals surface area (Å²) in [4.78, 5) is 0. The van der Waals surface area contributed by atoms with Gasteiger partial charge in [0.05, 0.1) is 0 Å². The van der Waals surface area contributed by atoms with Gasteiger partial charge in [-0.05, 0) is 47.8 Å². The fraction of sp³-hybridized carbons (Fsp3) is 0.625. The van der Waals surface area contributed by atoms with Crippen LogP contribution in [0, 0.1) is 17.7 Å². The van der Waals surface area contributed by atoms with Crippen LogP contribution in [0.3, 0.4) is 0 Å². The van der Waals surface area contributed by atoms with Crippen molar-refractivity contribution in [1.29, 1.82) is 0 Å². The van der Waals surface area contributed by atoms with Crippen LogP contribution in [0.4, 0.5) is 4.39 Å². The molecule has 1 fully saturated rings. The van der Waals surface area contributed by atoms with Crippen LogP contribution in [0.5, 0.6) is 0 Å². The van der Waals surface area contributed by atoms with E-state index in [-0.39, 0.29) is 16.6 Å². The first-order chi connectivity index (χ1) is 8.41. The second-order valence-corrected chi connectivity index (χ2v) is 6.83. The van der Waals surface area contributed by atoms with E-state index in [9.17, 15) is 4.39 Å². The van der Waals surface area contributed by atoms with Gasteiger partial charge in [-0.15, -0.1) is 11.6 Å². The highest BCUT2D eigenvalue weighted by atomic mass is 35.5. The smallest absolute Gasteiger partial charge is 0.123 e. The van der Waals surface area contributed by atoms with Crippen LogP contribution in [0.15, 0.2) is 24.3 Å². The third-order valence-corrected chi connectivity index (χ3v) is 5.01. The summed E-state index contributed by atoms with van der Waals surface area (Å²) in [5.74, 6) is 0.986. The number of alkyl halides is 1. The molecular weight excluding hydrogens is 247 g/mol. The van der Waals surface area contributed by atoms with Gasteiger partial charge in [0.25, 0.3) is 0 Å². The lowest BCUT2D eigenvalue weighted by Gasteiger charge is -2.42. The Hall–Kier alpha value is -0.560. The Kier molecular flexibility index (Phi) is 4.01. The monoisotopic (exact) mass is 268 g/mol. The van der Waals surface area contributed by atoms with E-state index in [0.717, 1.165) is 18.4 Å². The molecule has 2 rings (SSSR count). The second kappa shape index (κ2) is 5.21. The van der Waals surface area contributed by atoms with E-state index in [1.807, 2.05) is 6.07 Å². The first kappa shape index (κ1) is 13.9. The van der Waals surface area contributed by atoms with Gasteiger partial charge in [0.15, 0.2) is 0 Å². The molecule has 1 saturated carbocycles. The van der Waals surface area contributed by atoms with E-state index < -0.39 is 0 Å². The quantitative estimate of drug-likeness (QED) is 0.651. The van der Waals surface area contributed by atoms with Crippen LogP contribution in [0.25, 0.3) is 0 Å². The van der Waals surface area contributed by atoms with Crippen molar-refractivity contribution in [1.82, 2.24) is 0 Å². The van der Waals surface area contributed by atoms with Crippen molar-refractivity contribution in [3.8, 4) is 0 Å². The molecule has 0 amide bonds. The minimum Gasteiger partial charge on any atom is -0.207 e. The molecule has 0 bridgehead atoms. The predicted molar refractivity (Wildman–Crippen MR) is 75.6 cm³/mol. The minimum absolute atomic E-state index is 0.0609. The summed E-state index contributed by atoms with van der Waals surface area (Å²) in [6.07, 6.45) is 3.44. The number of hydrogen-bond donors (Lipinski definition) is 0. The number of hydrogen-bond acceptors (Lipinski definition) is 0. The Labute approximate surface area is 115 Å². The average Bonchev–Trinajstić information content (AvgIpc) is 2.28. The zero-order chi connectivity index (χ0) is 13.3. The molecule has 3 unspecified atom stereocenters. The molecule has 1 aromatic rings. The first-order valence-corrected chi connectivity index (χ1v) is 7.25. The lowest BCUT2D eigenvalue weighted by atomic mass is 9.65. The highest BCUT2D eigenvalue weighted by molar-refractivity contribution is 6.20. The minimum atomic E-state index is -0.157. The standard InChI is InChI=1S/C16H22ClF/c1-11-7-8-14(15(17)9-11)16(2,3)12-5-4-6-13(18)10-12/h4-6,10-11,14-15H,7-9H2,1-3H3. The van der Waals surface area contributed by atoms with Gasteiger partial charge in [-0.25, -0.2) is 4.39 Å². The van der Waals surface area contributed by atoms with E-state index in [1.165, 1.54) is 12.5 Å². The molecule has 0 N–H and O–H groups in total. The summed E-state index contributed by atoms with van der Waals surface area (Å²) < 4.78 is 13.4. The van der Waals surface area contributed by atoms with Crippen molar-refractivity contribution in [2.24, 2.45) is 11.8 Å². The van der Waals surface area contributed by atoms with Gasteiger partial charge in [-0.3, -0.25) is 0 Å². The molecule has 18 heavy (non-hydrogen) atoms. The maximum absolute atomic E-state index is 13.4. The maximum atomic E-state index is 13.4. The lowest BCUT2D eigenvalue weighted by molar-refractivity contribution is 0.207. The van der Waals surface area contributed by atoms with E-state index in [0.29, 0.717) is 11.8 Å². The fourth-order valence-electron chi connectivity index (χ4n) is 3.23. The third kappa shape index (κ3) is 2.71. The van der Waals surface area contributed by atoms with Crippen LogP contribution < -0.4 is 0 Å². The summed E-state index contributed by atoms with van der Waals surface area (Å²) in [6.45, 7) is 6.65. The van der Waals surface area contributed by atoms with Crippen LogP contribution in [0.2, 0.25) is 0 Å². The predicted octanol–water partition coefficient (Wildman–Crippen LogP) is 5.15. The Morgan fingerprint density at radius 1 is 1.28 bits per heavy atom. The van der Waals surface area contributed by atoms with Crippen molar-refractivity contribution in [3.05, 3.63) is 35.6 Å². The Morgan fingerprint density at radius 2 is 2.00 bits per heavy atom. The molecule has 0 saturated heterocycles. The van der Waals surface area contributed by atoms with Gasteiger partial charge in [0, 0.05) is 5.38 Å². The first-order valence-electron chi connectivity index (χ1n) is 6.81. The van der Waals surface area contributed by atoms with Gasteiger partial charge in [0.2, 0.25) is 0 Å². The van der Waals surface area contributed by atoms with Gasteiger partial charge in [-0.2, -0.15) is 0 Å². The SMILES string of the molecule is CC1CCC(C(C)(C)c2cccc(F)c2)C(Cl)C1. The van der Waals surface area contributed by atoms with Crippen LogP contribution >= 0.6 is 11.6 Å². The molecule has 3 atom stereocenters. The lowest BCUT2D eigenvalue weighted by Crippen LogP contribution is -2.38. The maximum Gasteiger partial charge on any atom is 0.123 e. The summed E-state index contributed by atoms with van der Waals surface area (Å²) in [7, 11) is 0. The van der Waals surface area contributed by atoms with Crippen LogP contribution in [-0.4, -0.2) is 5.38 Å². The normalized spacial score (nSPS) is 29.3. The molecule has 0 nitrogen and oxygen atoms in total. The largest absolute Gasteiger partial charge is 0.207 e. The molecule has 0 radical (unpaired) electrons. The van der Waals surface area contributed by atoms with E-state index in [4.69, 9.17) is 11.6 Å². The zero-order valence-corrected chi connectivity index (χ0v) is 12.2. The zero-order valence-electron chi connectivity index (χ0n) is 11.4. The van der Waals surface area contributed by atoms with Gasteiger partial charge in [0.1, 0.15) is 5.82 Å². The second-order valence-electron chi connectivity index (χ2n) is 6.27. The van der Waals surface area contributed by atoms with Crippen LogP contribution in [-0.2, 0) is 5.41 Å². The number of halogens is 2. The van der Waals surface area contributed by atoms with Gasteiger partial charge >= 0.3 is 0 Å². The van der Waals surface area contributed by atoms with Gasteiger partial charge < -0.3 is 0 Å². The molecule has 1 aliphatic rings. The summed E-state index contributed by atoms with van der Waals surface area (Å²) >= 11 is 6.56. The van der Waals surface area contributed by atoms with Crippen LogP contribution in [0.1, 0.15) is 45.6 Å². The molecule has 1 aromatic carbocycles. The average molecular weight is 269 g/mol. The molecular formula is C16H22ClF. The number of rotatable bonds is 2. The van der Waals surface area contributed by atoms with Crippen molar-refractivity contribution < 1.29 is 4.39 Å². The molecule has 2 heteroatoms. The summed E-state index contributed by atoms with van der Waals surface area (Å²) in [5.41, 5.74) is 1.00. The topological polar surface area (TPSA) is 0 Å². The van der Waals surface area contributed by atoms with E-state index in [1.54, 1.807) is 12.1 Å². The van der Waals surface area contributed by atoms with Crippen molar-refractivity contribution in [3.63, 3.8) is 0 Å². The third-order valence-electron chi connectivity index (χ3n) is 4.53. The molecule has 100 valence electrons. The highest BCUT2D eigenvalue weighted by Gasteiger charge is 2.39. The molecule has 0 spiro atoms. The van der Waals surface area contributed by atoms with Crippen molar-refractivity contribution in [2.45, 2.75) is 50.8 Å². The fourth-order valence-corrected chi connectivity index (χ4v) is 3.97. The molecule has 1 aliphatic carbocycles. The van der Waals surface area contributed by atoms with Gasteiger partial charge in [-0.1, -0.05) is 39.3 Å². The highest BCUT2D eigenvalue weighted by Crippen LogP contribution is 2.44. The van der Waals surface area contributed by atoms with Crippen molar-refractivity contribution in [2.75, 3.05) is 0 Å². The van der Waals surface area contributed by atoms with E-state index >= 15 is 0 Å². The molecule has 0 heterocycles.